The fourth-order valence-corrected chi connectivity index (χ4v) is 1.26. The monoisotopic (exact) mass is 238 g/mol. The third-order valence-electron chi connectivity index (χ3n) is 1.76. The van der Waals surface area contributed by atoms with E-state index in [1.165, 1.54) is 12.1 Å². The van der Waals surface area contributed by atoms with E-state index >= 15 is 0 Å². The Bertz CT molecular complexity index is 295. The summed E-state index contributed by atoms with van der Waals surface area (Å²) >= 11 is 5.50. The number of rotatable bonds is 4. The maximum Gasteiger partial charge on any atom is 0.573 e. The number of ether oxygens (including phenoxy) is 1. The van der Waals surface area contributed by atoms with Crippen LogP contribution in [0.2, 0.25) is 0 Å². The van der Waals surface area contributed by atoms with Gasteiger partial charge in [-0.05, 0) is 30.5 Å². The van der Waals surface area contributed by atoms with Crippen molar-refractivity contribution in [2.45, 2.75) is 19.2 Å². The maximum absolute atomic E-state index is 11.8. The minimum Gasteiger partial charge on any atom is -0.406 e. The van der Waals surface area contributed by atoms with E-state index in [-0.39, 0.29) is 5.75 Å². The second kappa shape index (κ2) is 5.26. The van der Waals surface area contributed by atoms with Crippen molar-refractivity contribution in [3.05, 3.63) is 29.8 Å². The van der Waals surface area contributed by atoms with Crippen molar-refractivity contribution in [3.8, 4) is 5.75 Å². The first kappa shape index (κ1) is 12.2. The maximum atomic E-state index is 11.8. The van der Waals surface area contributed by atoms with Crippen molar-refractivity contribution in [2.75, 3.05) is 5.88 Å². The summed E-state index contributed by atoms with van der Waals surface area (Å²) in [6.07, 6.45) is -3.06. The van der Waals surface area contributed by atoms with Gasteiger partial charge in [0.1, 0.15) is 5.75 Å². The lowest BCUT2D eigenvalue weighted by Crippen LogP contribution is -2.17. The number of hydrogen-bond donors (Lipinski definition) is 0. The molecule has 1 aromatic rings. The van der Waals surface area contributed by atoms with Crippen LogP contribution in [0, 0.1) is 0 Å². The van der Waals surface area contributed by atoms with Gasteiger partial charge in [0, 0.05) is 5.88 Å². The Hall–Kier alpha value is -0.900. The normalized spacial score (nSPS) is 11.5. The summed E-state index contributed by atoms with van der Waals surface area (Å²) in [6.45, 7) is 0. The van der Waals surface area contributed by atoms with E-state index in [4.69, 9.17) is 11.6 Å². The predicted molar refractivity (Wildman–Crippen MR) is 52.2 cm³/mol. The summed E-state index contributed by atoms with van der Waals surface area (Å²) in [5, 5.41) is 0. The molecule has 0 aromatic heterocycles. The van der Waals surface area contributed by atoms with Crippen molar-refractivity contribution in [1.82, 2.24) is 0 Å². The molecule has 0 aliphatic heterocycles. The van der Waals surface area contributed by atoms with Crippen LogP contribution < -0.4 is 4.74 Å². The fourth-order valence-electron chi connectivity index (χ4n) is 1.13. The van der Waals surface area contributed by atoms with Gasteiger partial charge in [-0.15, -0.1) is 24.8 Å². The smallest absolute Gasteiger partial charge is 0.406 e. The van der Waals surface area contributed by atoms with E-state index in [0.717, 1.165) is 18.4 Å². The van der Waals surface area contributed by atoms with Crippen LogP contribution in [0.25, 0.3) is 0 Å². The molecule has 0 saturated heterocycles. The molecule has 0 N–H and O–H groups in total. The third-order valence-corrected chi connectivity index (χ3v) is 2.02. The molecule has 1 rings (SSSR count). The van der Waals surface area contributed by atoms with E-state index in [1.807, 2.05) is 0 Å². The SMILES string of the molecule is FC(F)(F)Oc1ccc(CCCCl)cc1. The summed E-state index contributed by atoms with van der Waals surface area (Å²) in [6, 6.07) is 5.81. The quantitative estimate of drug-likeness (QED) is 0.726. The van der Waals surface area contributed by atoms with E-state index in [9.17, 15) is 13.2 Å². The summed E-state index contributed by atoms with van der Waals surface area (Å²) in [5.74, 6) is 0.345. The van der Waals surface area contributed by atoms with Gasteiger partial charge in [0.15, 0.2) is 0 Å². The van der Waals surface area contributed by atoms with E-state index < -0.39 is 6.36 Å². The van der Waals surface area contributed by atoms with Crippen LogP contribution in [0.1, 0.15) is 12.0 Å². The number of hydrogen-bond acceptors (Lipinski definition) is 1. The van der Waals surface area contributed by atoms with Crippen LogP contribution in [-0.4, -0.2) is 12.2 Å². The van der Waals surface area contributed by atoms with Crippen LogP contribution in [-0.2, 0) is 6.42 Å². The second-order valence-electron chi connectivity index (χ2n) is 2.98. The van der Waals surface area contributed by atoms with Gasteiger partial charge in [-0.25, -0.2) is 0 Å². The molecule has 0 heterocycles. The number of aryl methyl sites for hydroxylation is 1. The molecule has 0 spiro atoms. The molecule has 0 aliphatic rings. The van der Waals surface area contributed by atoms with Crippen molar-refractivity contribution in [2.24, 2.45) is 0 Å². The fraction of sp³-hybridized carbons (Fsp3) is 0.400. The first-order chi connectivity index (χ1) is 7.01. The molecule has 84 valence electrons. The molecule has 0 unspecified atom stereocenters. The van der Waals surface area contributed by atoms with E-state index in [2.05, 4.69) is 4.74 Å². The van der Waals surface area contributed by atoms with Crippen molar-refractivity contribution >= 4 is 11.6 Å². The summed E-state index contributed by atoms with van der Waals surface area (Å²) in [4.78, 5) is 0. The third kappa shape index (κ3) is 4.93. The average molecular weight is 239 g/mol. The zero-order chi connectivity index (χ0) is 11.3. The lowest BCUT2D eigenvalue weighted by molar-refractivity contribution is -0.274. The molecule has 1 nitrogen and oxygen atoms in total. The molecule has 0 bridgehead atoms. The van der Waals surface area contributed by atoms with Crippen LogP contribution >= 0.6 is 11.6 Å². The minimum absolute atomic E-state index is 0.197. The highest BCUT2D eigenvalue weighted by Gasteiger charge is 2.30. The first-order valence-corrected chi connectivity index (χ1v) is 4.95. The molecular weight excluding hydrogens is 229 g/mol. The predicted octanol–water partition coefficient (Wildman–Crippen LogP) is 3.76. The highest BCUT2D eigenvalue weighted by atomic mass is 35.5. The van der Waals surface area contributed by atoms with Crippen molar-refractivity contribution < 1.29 is 17.9 Å². The lowest BCUT2D eigenvalue weighted by Gasteiger charge is -2.08. The Morgan fingerprint density at radius 2 is 1.73 bits per heavy atom. The Balaban J connectivity index is 2.56. The number of benzene rings is 1. The lowest BCUT2D eigenvalue weighted by atomic mass is 10.1. The van der Waals surface area contributed by atoms with Crippen LogP contribution in [0.3, 0.4) is 0 Å². The molecule has 15 heavy (non-hydrogen) atoms. The van der Waals surface area contributed by atoms with Crippen LogP contribution in [0.4, 0.5) is 13.2 Å². The van der Waals surface area contributed by atoms with Gasteiger partial charge in [-0.1, -0.05) is 12.1 Å². The standard InChI is InChI=1S/C10H10ClF3O/c11-7-1-2-8-3-5-9(6-4-8)15-10(12,13)14/h3-6H,1-2,7H2. The first-order valence-electron chi connectivity index (χ1n) is 4.42. The Labute approximate surface area is 90.8 Å². The topological polar surface area (TPSA) is 9.23 Å². The largest absolute Gasteiger partial charge is 0.573 e. The van der Waals surface area contributed by atoms with Gasteiger partial charge < -0.3 is 4.74 Å². The van der Waals surface area contributed by atoms with Crippen molar-refractivity contribution in [1.29, 1.82) is 0 Å². The number of halogens is 4. The minimum atomic E-state index is -4.63. The molecule has 0 atom stereocenters. The average Bonchev–Trinajstić information content (AvgIpc) is 2.14. The highest BCUT2D eigenvalue weighted by Crippen LogP contribution is 2.22. The van der Waals surface area contributed by atoms with Gasteiger partial charge in [-0.3, -0.25) is 0 Å². The van der Waals surface area contributed by atoms with Gasteiger partial charge in [0.25, 0.3) is 0 Å². The Morgan fingerprint density at radius 3 is 2.20 bits per heavy atom. The summed E-state index contributed by atoms with van der Waals surface area (Å²) < 4.78 is 39.1. The highest BCUT2D eigenvalue weighted by molar-refractivity contribution is 6.17. The summed E-state index contributed by atoms with van der Waals surface area (Å²) in [5.41, 5.74) is 0.949. The van der Waals surface area contributed by atoms with Crippen LogP contribution in [0.15, 0.2) is 24.3 Å². The zero-order valence-corrected chi connectivity index (χ0v) is 8.61. The van der Waals surface area contributed by atoms with E-state index in [1.54, 1.807) is 12.1 Å². The number of alkyl halides is 4. The summed E-state index contributed by atoms with van der Waals surface area (Å²) in [7, 11) is 0. The molecule has 5 heteroatoms. The molecule has 1 aromatic carbocycles. The van der Waals surface area contributed by atoms with Crippen LogP contribution in [0.5, 0.6) is 5.75 Å². The molecule has 0 aliphatic carbocycles. The molecular formula is C10H10ClF3O. The Kier molecular flexibility index (Phi) is 4.27. The zero-order valence-electron chi connectivity index (χ0n) is 7.85. The molecule has 0 saturated carbocycles. The van der Waals surface area contributed by atoms with Crippen molar-refractivity contribution in [3.63, 3.8) is 0 Å². The molecule has 0 amide bonds. The second-order valence-corrected chi connectivity index (χ2v) is 3.36. The van der Waals surface area contributed by atoms with Gasteiger partial charge in [0.2, 0.25) is 0 Å². The van der Waals surface area contributed by atoms with Gasteiger partial charge in [-0.2, -0.15) is 0 Å². The van der Waals surface area contributed by atoms with Gasteiger partial charge >= 0.3 is 6.36 Å². The van der Waals surface area contributed by atoms with E-state index in [0.29, 0.717) is 5.88 Å². The molecule has 0 fully saturated rings. The Morgan fingerprint density at radius 1 is 1.13 bits per heavy atom. The van der Waals surface area contributed by atoms with Gasteiger partial charge in [0.05, 0.1) is 0 Å². The molecule has 0 radical (unpaired) electrons.